The molecule has 0 aliphatic carbocycles. The average molecular weight is 329 g/mol. The monoisotopic (exact) mass is 327 g/mol. The van der Waals surface area contributed by atoms with E-state index in [0.29, 0.717) is 0 Å². The predicted octanol–water partition coefficient (Wildman–Crippen LogP) is 3.56. The average Bonchev–Trinajstić information content (AvgIpc) is 2.36. The molecule has 1 rings (SSSR count). The van der Waals surface area contributed by atoms with Gasteiger partial charge in [-0.2, -0.15) is 0 Å². The summed E-state index contributed by atoms with van der Waals surface area (Å²) in [6, 6.07) is 7.20. The SMILES string of the molecule is CCO.COc1ccc(COC(=N)C(Cl)(Cl)Cl)cc1. The molecule has 0 aliphatic heterocycles. The van der Waals surface area contributed by atoms with Gasteiger partial charge in [0.15, 0.2) is 0 Å². The Bertz CT molecular complexity index is 377. The van der Waals surface area contributed by atoms with Gasteiger partial charge in [0.25, 0.3) is 3.79 Å². The van der Waals surface area contributed by atoms with Crippen LogP contribution in [0.5, 0.6) is 5.75 Å². The first-order valence-electron chi connectivity index (χ1n) is 5.37. The first-order chi connectivity index (χ1) is 8.85. The van der Waals surface area contributed by atoms with Gasteiger partial charge in [-0.05, 0) is 24.6 Å². The van der Waals surface area contributed by atoms with E-state index >= 15 is 0 Å². The number of aliphatic hydroxyl groups excluding tert-OH is 1. The van der Waals surface area contributed by atoms with Crippen molar-refractivity contribution in [1.82, 2.24) is 0 Å². The van der Waals surface area contributed by atoms with E-state index in [-0.39, 0.29) is 13.2 Å². The van der Waals surface area contributed by atoms with Crippen LogP contribution in [-0.4, -0.2) is 28.5 Å². The van der Waals surface area contributed by atoms with E-state index in [0.717, 1.165) is 11.3 Å². The highest BCUT2D eigenvalue weighted by molar-refractivity contribution is 6.75. The van der Waals surface area contributed by atoms with E-state index in [2.05, 4.69) is 0 Å². The van der Waals surface area contributed by atoms with Crippen LogP contribution in [0.1, 0.15) is 12.5 Å². The maximum absolute atomic E-state index is 7.57. The number of hydrogen-bond acceptors (Lipinski definition) is 4. The summed E-state index contributed by atoms with van der Waals surface area (Å²) >= 11 is 16.4. The molecule has 0 saturated carbocycles. The Kier molecular flexibility index (Phi) is 8.93. The maximum Gasteiger partial charge on any atom is 0.265 e. The Morgan fingerprint density at radius 1 is 1.26 bits per heavy atom. The fourth-order valence-corrected chi connectivity index (χ4v) is 1.12. The fourth-order valence-electron chi connectivity index (χ4n) is 0.959. The van der Waals surface area contributed by atoms with Gasteiger partial charge in [-0.25, -0.2) is 0 Å². The molecule has 2 N–H and O–H groups in total. The van der Waals surface area contributed by atoms with E-state index in [9.17, 15) is 0 Å². The molecule has 1 aromatic carbocycles. The third-order valence-corrected chi connectivity index (χ3v) is 2.31. The molecule has 108 valence electrons. The van der Waals surface area contributed by atoms with Crippen molar-refractivity contribution in [2.45, 2.75) is 17.3 Å². The van der Waals surface area contributed by atoms with Crippen molar-refractivity contribution >= 4 is 40.7 Å². The normalized spacial score (nSPS) is 10.2. The van der Waals surface area contributed by atoms with E-state index < -0.39 is 9.69 Å². The highest BCUT2D eigenvalue weighted by Gasteiger charge is 2.28. The largest absolute Gasteiger partial charge is 0.497 e. The molecule has 0 spiro atoms. The Balaban J connectivity index is 0.000000982. The topological polar surface area (TPSA) is 62.5 Å². The molecule has 0 heterocycles. The van der Waals surface area contributed by atoms with Crippen LogP contribution >= 0.6 is 34.8 Å². The fraction of sp³-hybridized carbons (Fsp3) is 0.417. The van der Waals surface area contributed by atoms with Gasteiger partial charge in [-0.1, -0.05) is 46.9 Å². The molecule has 1 aromatic rings. The Hall–Kier alpha value is -0.680. The zero-order chi connectivity index (χ0) is 14.9. The lowest BCUT2D eigenvalue weighted by molar-refractivity contribution is 0.283. The zero-order valence-electron chi connectivity index (χ0n) is 10.6. The molecule has 4 nitrogen and oxygen atoms in total. The van der Waals surface area contributed by atoms with Crippen molar-refractivity contribution < 1.29 is 14.6 Å². The second-order valence-corrected chi connectivity index (χ2v) is 5.56. The number of rotatable bonds is 3. The summed E-state index contributed by atoms with van der Waals surface area (Å²) in [5.41, 5.74) is 0.861. The summed E-state index contributed by atoms with van der Waals surface area (Å²) in [5.74, 6) is 0.355. The number of alkyl halides is 3. The van der Waals surface area contributed by atoms with E-state index in [1.807, 2.05) is 12.1 Å². The van der Waals surface area contributed by atoms with Crippen molar-refractivity contribution in [1.29, 1.82) is 5.41 Å². The zero-order valence-corrected chi connectivity index (χ0v) is 12.9. The van der Waals surface area contributed by atoms with Gasteiger partial charge in [0, 0.05) is 6.61 Å². The highest BCUT2D eigenvalue weighted by atomic mass is 35.6. The van der Waals surface area contributed by atoms with Crippen LogP contribution < -0.4 is 4.74 Å². The Labute approximate surface area is 127 Å². The molecule has 0 amide bonds. The quantitative estimate of drug-likeness (QED) is 0.506. The standard InChI is InChI=1S/C10H10Cl3NO2.C2H6O/c1-15-8-4-2-7(3-5-8)6-16-9(14)10(11,12)13;1-2-3/h2-5,14H,6H2,1H3;3H,2H2,1H3. The second kappa shape index (κ2) is 9.26. The van der Waals surface area contributed by atoms with Crippen LogP contribution in [0.4, 0.5) is 0 Å². The number of benzene rings is 1. The minimum absolute atomic E-state index is 0.177. The Morgan fingerprint density at radius 3 is 2.11 bits per heavy atom. The number of nitrogens with one attached hydrogen (secondary N) is 1. The van der Waals surface area contributed by atoms with Crippen molar-refractivity contribution in [3.8, 4) is 5.75 Å². The van der Waals surface area contributed by atoms with Crippen molar-refractivity contribution in [3.63, 3.8) is 0 Å². The first-order valence-corrected chi connectivity index (χ1v) is 6.50. The van der Waals surface area contributed by atoms with E-state index in [1.165, 1.54) is 0 Å². The van der Waals surface area contributed by atoms with Crippen LogP contribution in [0.3, 0.4) is 0 Å². The molecule has 0 aliphatic rings. The highest BCUT2D eigenvalue weighted by Crippen LogP contribution is 2.28. The van der Waals surface area contributed by atoms with Crippen LogP contribution in [0, 0.1) is 5.41 Å². The molecule has 0 radical (unpaired) electrons. The van der Waals surface area contributed by atoms with Gasteiger partial charge >= 0.3 is 0 Å². The van der Waals surface area contributed by atoms with E-state index in [4.69, 9.17) is 54.8 Å². The summed E-state index contributed by atoms with van der Waals surface area (Å²) < 4.78 is 8.20. The minimum Gasteiger partial charge on any atom is -0.497 e. The van der Waals surface area contributed by atoms with Gasteiger partial charge in [0.05, 0.1) is 7.11 Å². The molecule has 0 atom stereocenters. The van der Waals surface area contributed by atoms with Gasteiger partial charge < -0.3 is 14.6 Å². The second-order valence-electron chi connectivity index (χ2n) is 3.28. The van der Waals surface area contributed by atoms with Crippen molar-refractivity contribution in [3.05, 3.63) is 29.8 Å². The minimum atomic E-state index is -1.81. The number of aliphatic hydroxyl groups is 1. The first kappa shape index (κ1) is 18.3. The van der Waals surface area contributed by atoms with Crippen LogP contribution in [0.15, 0.2) is 24.3 Å². The summed E-state index contributed by atoms with van der Waals surface area (Å²) in [6.07, 6.45) is 0. The number of ether oxygens (including phenoxy) is 2. The number of methoxy groups -OCH3 is 1. The molecule has 0 unspecified atom stereocenters. The molecule has 0 bridgehead atoms. The third-order valence-electron chi connectivity index (χ3n) is 1.80. The summed E-state index contributed by atoms with van der Waals surface area (Å²) in [5, 5.41) is 14.9. The number of halogens is 3. The molecule has 0 fully saturated rings. The smallest absolute Gasteiger partial charge is 0.265 e. The van der Waals surface area contributed by atoms with Crippen LogP contribution in [0.25, 0.3) is 0 Å². The summed E-state index contributed by atoms with van der Waals surface area (Å²) in [7, 11) is 1.59. The van der Waals surface area contributed by atoms with Gasteiger partial charge in [-0.3, -0.25) is 5.41 Å². The van der Waals surface area contributed by atoms with Gasteiger partial charge in [0.2, 0.25) is 5.90 Å². The molecule has 19 heavy (non-hydrogen) atoms. The summed E-state index contributed by atoms with van der Waals surface area (Å²) in [4.78, 5) is 0. The predicted molar refractivity (Wildman–Crippen MR) is 78.6 cm³/mol. The Morgan fingerprint density at radius 2 is 1.74 bits per heavy atom. The van der Waals surface area contributed by atoms with Crippen molar-refractivity contribution in [2.24, 2.45) is 0 Å². The van der Waals surface area contributed by atoms with Gasteiger partial charge in [0.1, 0.15) is 12.4 Å². The van der Waals surface area contributed by atoms with Crippen LogP contribution in [-0.2, 0) is 11.3 Å². The van der Waals surface area contributed by atoms with E-state index in [1.54, 1.807) is 26.2 Å². The molecular weight excluding hydrogens is 312 g/mol. The lowest BCUT2D eigenvalue weighted by atomic mass is 10.2. The molecule has 0 aromatic heterocycles. The lowest BCUT2D eigenvalue weighted by Gasteiger charge is -2.13. The lowest BCUT2D eigenvalue weighted by Crippen LogP contribution is -2.20. The number of hydrogen-bond donors (Lipinski definition) is 2. The molecule has 0 saturated heterocycles. The van der Waals surface area contributed by atoms with Gasteiger partial charge in [-0.15, -0.1) is 0 Å². The third kappa shape index (κ3) is 8.16. The van der Waals surface area contributed by atoms with Crippen molar-refractivity contribution in [2.75, 3.05) is 13.7 Å². The molecule has 7 heteroatoms. The summed E-state index contributed by atoms with van der Waals surface area (Å²) in [6.45, 7) is 2.11. The molecular formula is C12H16Cl3NO3. The maximum atomic E-state index is 7.57. The van der Waals surface area contributed by atoms with Crippen LogP contribution in [0.2, 0.25) is 0 Å².